The Labute approximate surface area is 108 Å². The zero-order valence-corrected chi connectivity index (χ0v) is 10.7. The van der Waals surface area contributed by atoms with Crippen LogP contribution in [0.4, 0.5) is 0 Å². The van der Waals surface area contributed by atoms with E-state index in [-0.39, 0.29) is 0 Å². The molecule has 0 amide bonds. The molecule has 0 spiro atoms. The lowest BCUT2D eigenvalue weighted by Crippen LogP contribution is -2.15. The molecule has 0 aliphatic heterocycles. The van der Waals surface area contributed by atoms with E-state index < -0.39 is 0 Å². The fourth-order valence-corrected chi connectivity index (χ4v) is 1.92. The minimum Gasteiger partial charge on any atom is -0.312 e. The van der Waals surface area contributed by atoms with Gasteiger partial charge in [-0.25, -0.2) is 0 Å². The van der Waals surface area contributed by atoms with Crippen LogP contribution in [0.15, 0.2) is 54.6 Å². The van der Waals surface area contributed by atoms with Crippen molar-refractivity contribution in [1.29, 1.82) is 0 Å². The van der Waals surface area contributed by atoms with Crippen LogP contribution in [0.5, 0.6) is 0 Å². The second-order valence-electron chi connectivity index (χ2n) is 3.96. The first-order valence-corrected chi connectivity index (χ1v) is 6.49. The average Bonchev–Trinajstić information content (AvgIpc) is 2.41. The Balaban J connectivity index is 2.03. The second kappa shape index (κ2) is 6.48. The molecule has 1 N–H and O–H groups in total. The van der Waals surface area contributed by atoms with E-state index in [1.54, 1.807) is 0 Å². The molecule has 0 radical (unpaired) electrons. The summed E-state index contributed by atoms with van der Waals surface area (Å²) in [5, 5.41) is 3.33. The predicted molar refractivity (Wildman–Crippen MR) is 77.4 cm³/mol. The van der Waals surface area contributed by atoms with Crippen LogP contribution in [0.1, 0.15) is 5.56 Å². The van der Waals surface area contributed by atoms with Gasteiger partial charge in [0, 0.05) is 18.8 Å². The molecule has 0 heterocycles. The van der Waals surface area contributed by atoms with E-state index in [1.807, 2.05) is 6.07 Å². The molecular weight excluding hydrogens is 226 g/mol. The standard InChI is InChI=1S/C15H17NS/c17-11-10-16-12-13-6-8-15(9-7-13)14-4-2-1-3-5-14/h1-9,16-17H,10-12H2. The monoisotopic (exact) mass is 243 g/mol. The largest absolute Gasteiger partial charge is 0.312 e. The van der Waals surface area contributed by atoms with Gasteiger partial charge in [0.25, 0.3) is 0 Å². The van der Waals surface area contributed by atoms with Crippen LogP contribution >= 0.6 is 12.6 Å². The van der Waals surface area contributed by atoms with Crippen LogP contribution < -0.4 is 5.32 Å². The number of hydrogen-bond donors (Lipinski definition) is 2. The number of benzene rings is 2. The Hall–Kier alpha value is -1.25. The van der Waals surface area contributed by atoms with Crippen molar-refractivity contribution >= 4 is 12.6 Å². The summed E-state index contributed by atoms with van der Waals surface area (Å²) in [6, 6.07) is 19.1. The van der Waals surface area contributed by atoms with Gasteiger partial charge < -0.3 is 5.32 Å². The fourth-order valence-electron chi connectivity index (χ4n) is 1.76. The van der Waals surface area contributed by atoms with E-state index in [0.717, 1.165) is 18.8 Å². The Bertz CT molecular complexity index is 436. The van der Waals surface area contributed by atoms with Crippen molar-refractivity contribution in [2.24, 2.45) is 0 Å². The summed E-state index contributed by atoms with van der Waals surface area (Å²) in [6.45, 7) is 1.86. The van der Waals surface area contributed by atoms with Gasteiger partial charge >= 0.3 is 0 Å². The fraction of sp³-hybridized carbons (Fsp3) is 0.200. The minimum absolute atomic E-state index is 0.877. The highest BCUT2D eigenvalue weighted by molar-refractivity contribution is 7.80. The number of thiol groups is 1. The van der Waals surface area contributed by atoms with E-state index in [2.05, 4.69) is 66.5 Å². The molecular formula is C15H17NS. The third-order valence-corrected chi connectivity index (χ3v) is 2.90. The molecule has 1 nitrogen and oxygen atoms in total. The van der Waals surface area contributed by atoms with E-state index in [0.29, 0.717) is 0 Å². The summed E-state index contributed by atoms with van der Waals surface area (Å²) in [5.41, 5.74) is 3.84. The summed E-state index contributed by atoms with van der Waals surface area (Å²) in [7, 11) is 0. The molecule has 88 valence electrons. The van der Waals surface area contributed by atoms with Gasteiger partial charge in [0.2, 0.25) is 0 Å². The van der Waals surface area contributed by atoms with Crippen molar-refractivity contribution in [1.82, 2.24) is 5.32 Å². The Kier molecular flexibility index (Phi) is 4.65. The summed E-state index contributed by atoms with van der Waals surface area (Å²) in [5.74, 6) is 0.877. The van der Waals surface area contributed by atoms with Crippen molar-refractivity contribution < 1.29 is 0 Å². The summed E-state index contributed by atoms with van der Waals surface area (Å²) in [6.07, 6.45) is 0. The molecule has 0 saturated heterocycles. The van der Waals surface area contributed by atoms with Gasteiger partial charge in [0.1, 0.15) is 0 Å². The SMILES string of the molecule is SCCNCc1ccc(-c2ccccc2)cc1. The topological polar surface area (TPSA) is 12.0 Å². The molecule has 17 heavy (non-hydrogen) atoms. The van der Waals surface area contributed by atoms with E-state index in [1.165, 1.54) is 16.7 Å². The second-order valence-corrected chi connectivity index (χ2v) is 4.41. The maximum absolute atomic E-state index is 4.17. The lowest BCUT2D eigenvalue weighted by atomic mass is 10.0. The highest BCUT2D eigenvalue weighted by Gasteiger charge is 1.96. The van der Waals surface area contributed by atoms with Crippen LogP contribution in [-0.4, -0.2) is 12.3 Å². The molecule has 0 atom stereocenters. The maximum atomic E-state index is 4.17. The van der Waals surface area contributed by atoms with Crippen LogP contribution in [0.2, 0.25) is 0 Å². The molecule has 0 aliphatic carbocycles. The molecule has 2 rings (SSSR count). The van der Waals surface area contributed by atoms with Gasteiger partial charge in [-0.3, -0.25) is 0 Å². The molecule has 0 bridgehead atoms. The van der Waals surface area contributed by atoms with Crippen molar-refractivity contribution in [2.75, 3.05) is 12.3 Å². The molecule has 0 aliphatic rings. The molecule has 2 aromatic rings. The van der Waals surface area contributed by atoms with Crippen molar-refractivity contribution in [3.05, 3.63) is 60.2 Å². The lowest BCUT2D eigenvalue weighted by Gasteiger charge is -2.05. The Morgan fingerprint density at radius 1 is 0.824 bits per heavy atom. The predicted octanol–water partition coefficient (Wildman–Crippen LogP) is 3.37. The van der Waals surface area contributed by atoms with Gasteiger partial charge in [0.05, 0.1) is 0 Å². The Morgan fingerprint density at radius 2 is 1.47 bits per heavy atom. The van der Waals surface area contributed by atoms with Crippen molar-refractivity contribution in [3.63, 3.8) is 0 Å². The third-order valence-electron chi connectivity index (χ3n) is 2.68. The minimum atomic E-state index is 0.877. The van der Waals surface area contributed by atoms with Crippen LogP contribution in [-0.2, 0) is 6.54 Å². The first-order chi connectivity index (χ1) is 8.40. The number of rotatable bonds is 5. The third kappa shape index (κ3) is 3.62. The summed E-state index contributed by atoms with van der Waals surface area (Å²) in [4.78, 5) is 0. The van der Waals surface area contributed by atoms with E-state index in [9.17, 15) is 0 Å². The normalized spacial score (nSPS) is 10.4. The van der Waals surface area contributed by atoms with Crippen molar-refractivity contribution in [2.45, 2.75) is 6.54 Å². The molecule has 2 heteroatoms. The zero-order chi connectivity index (χ0) is 11.9. The molecule has 0 saturated carbocycles. The highest BCUT2D eigenvalue weighted by atomic mass is 32.1. The molecule has 0 fully saturated rings. The van der Waals surface area contributed by atoms with Crippen LogP contribution in [0, 0.1) is 0 Å². The maximum Gasteiger partial charge on any atom is 0.0205 e. The van der Waals surface area contributed by atoms with Crippen LogP contribution in [0.3, 0.4) is 0 Å². The number of nitrogens with one attached hydrogen (secondary N) is 1. The first-order valence-electron chi connectivity index (χ1n) is 5.86. The smallest absolute Gasteiger partial charge is 0.0205 e. The molecule has 2 aromatic carbocycles. The van der Waals surface area contributed by atoms with Crippen LogP contribution in [0.25, 0.3) is 11.1 Å². The number of hydrogen-bond acceptors (Lipinski definition) is 2. The van der Waals surface area contributed by atoms with Gasteiger partial charge in [-0.1, -0.05) is 54.6 Å². The summed E-state index contributed by atoms with van der Waals surface area (Å²) >= 11 is 4.17. The zero-order valence-electron chi connectivity index (χ0n) is 9.76. The Morgan fingerprint density at radius 3 is 2.12 bits per heavy atom. The van der Waals surface area contributed by atoms with Crippen molar-refractivity contribution in [3.8, 4) is 11.1 Å². The van der Waals surface area contributed by atoms with Gasteiger partial charge in [-0.15, -0.1) is 0 Å². The molecule has 0 aromatic heterocycles. The highest BCUT2D eigenvalue weighted by Crippen LogP contribution is 2.18. The quantitative estimate of drug-likeness (QED) is 0.606. The van der Waals surface area contributed by atoms with E-state index >= 15 is 0 Å². The van der Waals surface area contributed by atoms with Gasteiger partial charge in [0.15, 0.2) is 0 Å². The first kappa shape index (κ1) is 12.2. The van der Waals surface area contributed by atoms with E-state index in [4.69, 9.17) is 0 Å². The van der Waals surface area contributed by atoms with Gasteiger partial charge in [-0.2, -0.15) is 12.6 Å². The summed E-state index contributed by atoms with van der Waals surface area (Å²) < 4.78 is 0. The molecule has 0 unspecified atom stereocenters. The average molecular weight is 243 g/mol. The lowest BCUT2D eigenvalue weighted by molar-refractivity contribution is 0.733. The van der Waals surface area contributed by atoms with Gasteiger partial charge in [-0.05, 0) is 16.7 Å².